The van der Waals surface area contributed by atoms with E-state index in [4.69, 9.17) is 9.47 Å². The van der Waals surface area contributed by atoms with Gasteiger partial charge >= 0.3 is 11.9 Å². The summed E-state index contributed by atoms with van der Waals surface area (Å²) < 4.78 is 10.9. The second-order valence-corrected chi connectivity index (χ2v) is 10.3. The van der Waals surface area contributed by atoms with Crippen LogP contribution in [0.3, 0.4) is 0 Å². The van der Waals surface area contributed by atoms with Crippen molar-refractivity contribution in [3.8, 4) is 0 Å². The number of carbonyl (C=O) groups is 2. The number of aromatic nitrogens is 2. The normalized spacial score (nSPS) is 11.2. The molecule has 0 saturated carbocycles. The van der Waals surface area contributed by atoms with Crippen LogP contribution in [0.1, 0.15) is 89.4 Å². The van der Waals surface area contributed by atoms with Crippen LogP contribution in [-0.4, -0.2) is 71.1 Å². The Morgan fingerprint density at radius 2 is 1.07 bits per heavy atom. The van der Waals surface area contributed by atoms with Crippen LogP contribution >= 0.6 is 0 Å². The maximum Gasteiger partial charge on any atom is 0.307 e. The van der Waals surface area contributed by atoms with Gasteiger partial charge in [0, 0.05) is 51.7 Å². The molecule has 8 nitrogen and oxygen atoms in total. The molecule has 0 radical (unpaired) electrons. The van der Waals surface area contributed by atoms with E-state index in [1.54, 1.807) is 12.4 Å². The lowest BCUT2D eigenvalue weighted by Gasteiger charge is -2.27. The Hall–Kier alpha value is -2.84. The van der Waals surface area contributed by atoms with Gasteiger partial charge in [0.25, 0.3) is 0 Å². The highest BCUT2D eigenvalue weighted by Gasteiger charge is 2.15. The lowest BCUT2D eigenvalue weighted by molar-refractivity contribution is -0.145. The molecule has 0 saturated heterocycles. The van der Waals surface area contributed by atoms with Crippen molar-refractivity contribution in [2.24, 2.45) is 0 Å². The van der Waals surface area contributed by atoms with Gasteiger partial charge in [-0.3, -0.25) is 29.4 Å². The van der Waals surface area contributed by atoms with Crippen molar-refractivity contribution in [1.82, 2.24) is 19.8 Å². The van der Waals surface area contributed by atoms with E-state index in [0.717, 1.165) is 63.0 Å². The molecular weight excluding hydrogens is 504 g/mol. The maximum absolute atomic E-state index is 12.4. The van der Waals surface area contributed by atoms with Gasteiger partial charge < -0.3 is 9.47 Å². The monoisotopic (exact) mass is 554 g/mol. The van der Waals surface area contributed by atoms with E-state index in [0.29, 0.717) is 52.2 Å². The van der Waals surface area contributed by atoms with Crippen molar-refractivity contribution in [3.05, 3.63) is 60.2 Å². The van der Waals surface area contributed by atoms with Gasteiger partial charge in [-0.15, -0.1) is 0 Å². The van der Waals surface area contributed by atoms with E-state index in [1.807, 2.05) is 36.4 Å². The number of pyridine rings is 2. The van der Waals surface area contributed by atoms with Crippen LogP contribution in [0.5, 0.6) is 0 Å². The summed E-state index contributed by atoms with van der Waals surface area (Å²) in [5, 5.41) is 0. The first-order chi connectivity index (χ1) is 19.6. The predicted molar refractivity (Wildman–Crippen MR) is 158 cm³/mol. The largest absolute Gasteiger partial charge is 0.466 e. The highest BCUT2D eigenvalue weighted by Crippen LogP contribution is 2.08. The number of unbranched alkanes of at least 4 members (excludes halogenated alkanes) is 6. The third-order valence-electron chi connectivity index (χ3n) is 6.74. The van der Waals surface area contributed by atoms with Crippen molar-refractivity contribution >= 4 is 11.9 Å². The minimum absolute atomic E-state index is 0.158. The van der Waals surface area contributed by atoms with Crippen LogP contribution in [0.15, 0.2) is 48.8 Å². The van der Waals surface area contributed by atoms with E-state index in [-0.39, 0.29) is 11.9 Å². The molecule has 0 N–H and O–H groups in total. The second-order valence-electron chi connectivity index (χ2n) is 10.3. The van der Waals surface area contributed by atoms with Gasteiger partial charge in [-0.1, -0.05) is 64.5 Å². The average Bonchev–Trinajstić information content (AvgIpc) is 2.97. The Bertz CT molecular complexity index is 838. The van der Waals surface area contributed by atoms with Crippen molar-refractivity contribution < 1.29 is 19.1 Å². The molecule has 0 unspecified atom stereocenters. The number of carbonyl (C=O) groups excluding carboxylic acids is 2. The van der Waals surface area contributed by atoms with Crippen molar-refractivity contribution in [2.45, 2.75) is 91.1 Å². The molecule has 0 bridgehead atoms. The molecule has 0 spiro atoms. The third kappa shape index (κ3) is 16.3. The fourth-order valence-corrected chi connectivity index (χ4v) is 4.34. The lowest BCUT2D eigenvalue weighted by atomic mass is 10.2. The van der Waals surface area contributed by atoms with Gasteiger partial charge in [0.2, 0.25) is 0 Å². The molecule has 2 rings (SSSR count). The summed E-state index contributed by atoms with van der Waals surface area (Å²) in [5.74, 6) is -0.316. The van der Waals surface area contributed by atoms with Crippen LogP contribution in [0.25, 0.3) is 0 Å². The quantitative estimate of drug-likeness (QED) is 0.126. The summed E-state index contributed by atoms with van der Waals surface area (Å²) in [6.45, 7) is 9.21. The SMILES string of the molecule is CCCCCCOC(=O)CCN(CCN(CCC(=O)OCCCCCC)Cc1ccccn1)Cc1ccccn1. The molecule has 0 aliphatic heterocycles. The molecule has 0 amide bonds. The summed E-state index contributed by atoms with van der Waals surface area (Å²) in [6.07, 6.45) is 12.9. The van der Waals surface area contributed by atoms with Crippen molar-refractivity contribution in [1.29, 1.82) is 0 Å². The molecule has 0 fully saturated rings. The summed E-state index contributed by atoms with van der Waals surface area (Å²) >= 11 is 0. The summed E-state index contributed by atoms with van der Waals surface area (Å²) in [4.78, 5) is 38.2. The Labute approximate surface area is 241 Å². The van der Waals surface area contributed by atoms with Crippen molar-refractivity contribution in [3.63, 3.8) is 0 Å². The molecule has 0 atom stereocenters. The summed E-state index contributed by atoms with van der Waals surface area (Å²) in [6, 6.07) is 11.8. The van der Waals surface area contributed by atoms with Gasteiger partial charge in [0.1, 0.15) is 0 Å². The zero-order chi connectivity index (χ0) is 28.7. The zero-order valence-corrected chi connectivity index (χ0v) is 24.8. The highest BCUT2D eigenvalue weighted by atomic mass is 16.5. The molecule has 40 heavy (non-hydrogen) atoms. The fraction of sp³-hybridized carbons (Fsp3) is 0.625. The standard InChI is InChI=1S/C32H50N4O4/c1-3-5-7-13-25-39-31(37)17-21-35(27-29-15-9-11-19-33-29)23-24-36(28-30-16-10-12-20-34-30)22-18-32(38)40-26-14-8-6-4-2/h9-12,15-16,19-20H,3-8,13-14,17-18,21-28H2,1-2H3. The van der Waals surface area contributed by atoms with E-state index in [1.165, 1.54) is 12.8 Å². The average molecular weight is 555 g/mol. The molecule has 222 valence electrons. The second kappa shape index (κ2) is 21.9. The molecular formula is C32H50N4O4. The zero-order valence-electron chi connectivity index (χ0n) is 24.8. The van der Waals surface area contributed by atoms with E-state index in [9.17, 15) is 9.59 Å². The molecule has 2 heterocycles. The number of ether oxygens (including phenoxy) is 2. The third-order valence-corrected chi connectivity index (χ3v) is 6.74. The highest BCUT2D eigenvalue weighted by molar-refractivity contribution is 5.69. The minimum Gasteiger partial charge on any atom is -0.466 e. The van der Waals surface area contributed by atoms with Gasteiger partial charge in [0.15, 0.2) is 0 Å². The van der Waals surface area contributed by atoms with Crippen LogP contribution in [0, 0.1) is 0 Å². The first-order valence-corrected chi connectivity index (χ1v) is 15.2. The van der Waals surface area contributed by atoms with Gasteiger partial charge in [-0.2, -0.15) is 0 Å². The number of nitrogens with zero attached hydrogens (tertiary/aromatic N) is 4. The fourth-order valence-electron chi connectivity index (χ4n) is 4.34. The van der Waals surface area contributed by atoms with Crippen molar-refractivity contribution in [2.75, 3.05) is 39.4 Å². The van der Waals surface area contributed by atoms with Gasteiger partial charge in [0.05, 0.1) is 37.4 Å². The Balaban J connectivity index is 1.92. The molecule has 0 aliphatic rings. The smallest absolute Gasteiger partial charge is 0.307 e. The van der Waals surface area contributed by atoms with Gasteiger partial charge in [-0.05, 0) is 37.1 Å². The predicted octanol–water partition coefficient (Wildman–Crippen LogP) is 5.81. The Morgan fingerprint density at radius 1 is 0.625 bits per heavy atom. The summed E-state index contributed by atoms with van der Waals surface area (Å²) in [5.41, 5.74) is 1.91. The number of rotatable bonds is 23. The van der Waals surface area contributed by atoms with E-state index < -0.39 is 0 Å². The van der Waals surface area contributed by atoms with Crippen LogP contribution in [0.2, 0.25) is 0 Å². The topological polar surface area (TPSA) is 84.9 Å². The summed E-state index contributed by atoms with van der Waals surface area (Å²) in [7, 11) is 0. The first-order valence-electron chi connectivity index (χ1n) is 15.2. The van der Waals surface area contributed by atoms with Gasteiger partial charge in [-0.25, -0.2) is 0 Å². The van der Waals surface area contributed by atoms with E-state index in [2.05, 4.69) is 33.6 Å². The Kier molecular flexibility index (Phi) is 18.3. The number of hydrogen-bond donors (Lipinski definition) is 0. The maximum atomic E-state index is 12.4. The lowest BCUT2D eigenvalue weighted by Crippen LogP contribution is -2.37. The first kappa shape index (κ1) is 33.4. The molecule has 2 aromatic heterocycles. The molecule has 8 heteroatoms. The molecule has 0 aromatic carbocycles. The molecule has 2 aromatic rings. The minimum atomic E-state index is -0.158. The molecule has 0 aliphatic carbocycles. The number of esters is 2. The van der Waals surface area contributed by atoms with Crippen LogP contribution in [0.4, 0.5) is 0 Å². The van der Waals surface area contributed by atoms with Crippen LogP contribution < -0.4 is 0 Å². The Morgan fingerprint density at radius 3 is 1.45 bits per heavy atom. The number of hydrogen-bond acceptors (Lipinski definition) is 8. The van der Waals surface area contributed by atoms with Crippen LogP contribution in [-0.2, 0) is 32.2 Å². The van der Waals surface area contributed by atoms with E-state index >= 15 is 0 Å².